The highest BCUT2D eigenvalue weighted by Gasteiger charge is 2.12. The van der Waals surface area contributed by atoms with Crippen LogP contribution in [0.5, 0.6) is 0 Å². The predicted octanol–water partition coefficient (Wildman–Crippen LogP) is 6.68. The van der Waals surface area contributed by atoms with E-state index in [2.05, 4.69) is 15.6 Å². The number of nitrogens with one attached hydrogen (secondary N) is 2. The van der Waals surface area contributed by atoms with E-state index in [0.717, 1.165) is 26.6 Å². The van der Waals surface area contributed by atoms with Crippen molar-refractivity contribution in [2.24, 2.45) is 0 Å². The molecule has 2 amide bonds. The Hall–Kier alpha value is -3.13. The Balaban J connectivity index is 1.30. The second-order valence-corrected chi connectivity index (χ2v) is 10.2. The number of benzene rings is 3. The van der Waals surface area contributed by atoms with Crippen LogP contribution in [0.1, 0.15) is 10.4 Å². The van der Waals surface area contributed by atoms with E-state index in [1.54, 1.807) is 12.1 Å². The van der Waals surface area contributed by atoms with Gasteiger partial charge >= 0.3 is 0 Å². The summed E-state index contributed by atoms with van der Waals surface area (Å²) in [5.74, 6) is -0.00677. The third-order valence-corrected chi connectivity index (χ3v) is 6.99. The minimum Gasteiger partial charge on any atom is -0.326 e. The van der Waals surface area contributed by atoms with Gasteiger partial charge in [0.15, 0.2) is 5.13 Å². The fourth-order valence-corrected chi connectivity index (χ4v) is 5.01. The first-order valence-corrected chi connectivity index (χ1v) is 12.7. The van der Waals surface area contributed by atoms with Crippen molar-refractivity contribution < 1.29 is 9.59 Å². The Morgan fingerprint density at radius 3 is 2.47 bits per heavy atom. The molecule has 3 aromatic carbocycles. The molecular formula is C26H22ClN3O2S2. The molecule has 0 saturated heterocycles. The Morgan fingerprint density at radius 1 is 0.941 bits per heavy atom. The number of hydrogen-bond donors (Lipinski definition) is 2. The van der Waals surface area contributed by atoms with E-state index in [4.69, 9.17) is 11.6 Å². The summed E-state index contributed by atoms with van der Waals surface area (Å²) in [6.07, 6.45) is 0.259. The van der Waals surface area contributed by atoms with Gasteiger partial charge in [0.2, 0.25) is 11.8 Å². The molecule has 5 nitrogen and oxygen atoms in total. The molecule has 4 rings (SSSR count). The van der Waals surface area contributed by atoms with Crippen LogP contribution >= 0.6 is 34.7 Å². The number of halogens is 1. The first kappa shape index (κ1) is 24.0. The number of anilines is 2. The SMILES string of the molecule is Cc1sc(NC(=O)CSc2cccc(NC(=O)Cc3ccc(Cl)cc3)c2)nc1-c1ccccc1. The molecule has 0 radical (unpaired) electrons. The summed E-state index contributed by atoms with van der Waals surface area (Å²) in [6.45, 7) is 2.00. The van der Waals surface area contributed by atoms with Gasteiger partial charge in [0.25, 0.3) is 0 Å². The summed E-state index contributed by atoms with van der Waals surface area (Å²) < 4.78 is 0. The second-order valence-electron chi connectivity index (χ2n) is 7.51. The zero-order valence-electron chi connectivity index (χ0n) is 18.4. The van der Waals surface area contributed by atoms with Crippen molar-refractivity contribution in [1.82, 2.24) is 4.98 Å². The summed E-state index contributed by atoms with van der Waals surface area (Å²) >= 11 is 8.76. The second kappa shape index (κ2) is 11.3. The van der Waals surface area contributed by atoms with E-state index in [-0.39, 0.29) is 24.0 Å². The summed E-state index contributed by atoms with van der Waals surface area (Å²) in [7, 11) is 0. The number of amides is 2. The average molecular weight is 508 g/mol. The lowest BCUT2D eigenvalue weighted by Gasteiger charge is -2.08. The maximum atomic E-state index is 12.5. The Kier molecular flexibility index (Phi) is 8.00. The number of carbonyl (C=O) groups excluding carboxylic acids is 2. The Bertz CT molecular complexity index is 1290. The predicted molar refractivity (Wildman–Crippen MR) is 142 cm³/mol. The molecule has 8 heteroatoms. The summed E-state index contributed by atoms with van der Waals surface area (Å²) in [5, 5.41) is 7.02. The fraction of sp³-hybridized carbons (Fsp3) is 0.115. The van der Waals surface area contributed by atoms with E-state index in [1.165, 1.54) is 23.1 Å². The quantitative estimate of drug-likeness (QED) is 0.261. The molecular weight excluding hydrogens is 486 g/mol. The topological polar surface area (TPSA) is 71.1 Å². The van der Waals surface area contributed by atoms with Gasteiger partial charge in [-0.15, -0.1) is 23.1 Å². The van der Waals surface area contributed by atoms with Gasteiger partial charge in [-0.05, 0) is 42.8 Å². The van der Waals surface area contributed by atoms with Crippen molar-refractivity contribution in [1.29, 1.82) is 0 Å². The smallest absolute Gasteiger partial charge is 0.236 e. The van der Waals surface area contributed by atoms with Crippen LogP contribution in [0.3, 0.4) is 0 Å². The van der Waals surface area contributed by atoms with E-state index < -0.39 is 0 Å². The zero-order chi connectivity index (χ0) is 23.9. The molecule has 0 spiro atoms. The molecule has 0 aliphatic carbocycles. The van der Waals surface area contributed by atoms with Crippen LogP contribution in [0.2, 0.25) is 5.02 Å². The van der Waals surface area contributed by atoms with E-state index in [9.17, 15) is 9.59 Å². The minimum atomic E-state index is -0.129. The van der Waals surface area contributed by atoms with Crippen LogP contribution < -0.4 is 10.6 Å². The van der Waals surface area contributed by atoms with Crippen LogP contribution in [0.15, 0.2) is 83.8 Å². The fourth-order valence-electron chi connectivity index (χ4n) is 3.27. The van der Waals surface area contributed by atoms with E-state index >= 15 is 0 Å². The molecule has 0 bridgehead atoms. The number of nitrogens with zero attached hydrogens (tertiary/aromatic N) is 1. The molecule has 1 heterocycles. The average Bonchev–Trinajstić information content (AvgIpc) is 3.19. The number of carbonyl (C=O) groups is 2. The molecule has 1 aromatic heterocycles. The highest BCUT2D eigenvalue weighted by Crippen LogP contribution is 2.30. The molecule has 0 saturated carbocycles. The lowest BCUT2D eigenvalue weighted by molar-refractivity contribution is -0.115. The molecule has 2 N–H and O–H groups in total. The number of thioether (sulfide) groups is 1. The van der Waals surface area contributed by atoms with Crippen LogP contribution in [0, 0.1) is 6.92 Å². The third-order valence-electron chi connectivity index (χ3n) is 4.86. The monoisotopic (exact) mass is 507 g/mol. The zero-order valence-corrected chi connectivity index (χ0v) is 20.8. The molecule has 34 heavy (non-hydrogen) atoms. The summed E-state index contributed by atoms with van der Waals surface area (Å²) in [6, 6.07) is 24.6. The largest absolute Gasteiger partial charge is 0.326 e. The summed E-state index contributed by atoms with van der Waals surface area (Å²) in [5.41, 5.74) is 3.49. The van der Waals surface area contributed by atoms with Crippen molar-refractivity contribution in [3.8, 4) is 11.3 Å². The van der Waals surface area contributed by atoms with Gasteiger partial charge in [-0.2, -0.15) is 0 Å². The van der Waals surface area contributed by atoms with Gasteiger partial charge < -0.3 is 10.6 Å². The summed E-state index contributed by atoms with van der Waals surface area (Å²) in [4.78, 5) is 31.4. The van der Waals surface area contributed by atoms with Crippen LogP contribution in [-0.4, -0.2) is 22.6 Å². The molecule has 0 aliphatic rings. The molecule has 0 atom stereocenters. The highest BCUT2D eigenvalue weighted by molar-refractivity contribution is 8.00. The first-order chi connectivity index (χ1) is 16.5. The molecule has 4 aromatic rings. The van der Waals surface area contributed by atoms with Crippen molar-refractivity contribution >= 4 is 57.3 Å². The van der Waals surface area contributed by atoms with E-state index in [1.807, 2.05) is 73.7 Å². The standard InChI is InChI=1S/C26H22ClN3O2S2/c1-17-25(19-6-3-2-4-7-19)30-26(34-17)29-24(32)16-33-22-9-5-8-21(15-22)28-23(31)14-18-10-12-20(27)13-11-18/h2-13,15H,14,16H2,1H3,(H,28,31)(H,29,30,32). The number of aromatic nitrogens is 1. The number of thiazole rings is 1. The lowest BCUT2D eigenvalue weighted by Crippen LogP contribution is -2.15. The van der Waals surface area contributed by atoms with E-state index in [0.29, 0.717) is 15.8 Å². The van der Waals surface area contributed by atoms with Gasteiger partial charge in [-0.25, -0.2) is 4.98 Å². The number of aryl methyl sites for hydroxylation is 1. The van der Waals surface area contributed by atoms with Crippen molar-refractivity contribution in [3.05, 3.63) is 94.3 Å². The van der Waals surface area contributed by atoms with Gasteiger partial charge in [-0.1, -0.05) is 60.1 Å². The Labute approximate surface area is 211 Å². The van der Waals surface area contributed by atoms with Gasteiger partial charge in [0, 0.05) is 26.0 Å². The number of hydrogen-bond acceptors (Lipinski definition) is 5. The van der Waals surface area contributed by atoms with Gasteiger partial charge in [0.1, 0.15) is 0 Å². The molecule has 0 aliphatic heterocycles. The minimum absolute atomic E-state index is 0.115. The van der Waals surface area contributed by atoms with Gasteiger partial charge in [0.05, 0.1) is 17.9 Å². The maximum absolute atomic E-state index is 12.5. The maximum Gasteiger partial charge on any atom is 0.236 e. The highest BCUT2D eigenvalue weighted by atomic mass is 35.5. The lowest BCUT2D eigenvalue weighted by atomic mass is 10.1. The van der Waals surface area contributed by atoms with Crippen molar-refractivity contribution in [2.45, 2.75) is 18.2 Å². The van der Waals surface area contributed by atoms with Crippen LogP contribution in [0.4, 0.5) is 10.8 Å². The third kappa shape index (κ3) is 6.70. The van der Waals surface area contributed by atoms with Crippen LogP contribution in [0.25, 0.3) is 11.3 Å². The van der Waals surface area contributed by atoms with Gasteiger partial charge in [-0.3, -0.25) is 9.59 Å². The van der Waals surface area contributed by atoms with Crippen molar-refractivity contribution in [2.75, 3.05) is 16.4 Å². The Morgan fingerprint density at radius 2 is 1.71 bits per heavy atom. The molecule has 0 unspecified atom stereocenters. The first-order valence-electron chi connectivity index (χ1n) is 10.6. The van der Waals surface area contributed by atoms with Crippen molar-refractivity contribution in [3.63, 3.8) is 0 Å². The molecule has 0 fully saturated rings. The normalized spacial score (nSPS) is 10.6. The molecule has 172 valence electrons. The van der Waals surface area contributed by atoms with Crippen LogP contribution in [-0.2, 0) is 16.0 Å². The number of rotatable bonds is 8.